The molecule has 1 amide bonds. The lowest BCUT2D eigenvalue weighted by atomic mass is 10.1. The van der Waals surface area contributed by atoms with E-state index in [2.05, 4.69) is 10.3 Å². The third kappa shape index (κ3) is 3.93. The number of alkyl halides is 3. The Morgan fingerprint density at radius 3 is 2.76 bits per heavy atom. The Kier molecular flexibility index (Phi) is 4.43. The van der Waals surface area contributed by atoms with Gasteiger partial charge in [0, 0.05) is 17.4 Å². The normalized spacial score (nSPS) is 11.7. The summed E-state index contributed by atoms with van der Waals surface area (Å²) >= 11 is 5.62. The first kappa shape index (κ1) is 17.3. The van der Waals surface area contributed by atoms with Crippen molar-refractivity contribution >= 4 is 28.8 Å². The highest BCUT2D eigenvalue weighted by Gasteiger charge is 2.34. The van der Waals surface area contributed by atoms with Crippen molar-refractivity contribution in [3.63, 3.8) is 0 Å². The molecule has 0 radical (unpaired) electrons. The Morgan fingerprint density at radius 1 is 1.28 bits per heavy atom. The zero-order chi connectivity index (χ0) is 18.2. The third-order valence-electron chi connectivity index (χ3n) is 3.57. The van der Waals surface area contributed by atoms with E-state index < -0.39 is 17.6 Å². The van der Waals surface area contributed by atoms with Crippen molar-refractivity contribution < 1.29 is 18.0 Å². The Labute approximate surface area is 146 Å². The van der Waals surface area contributed by atoms with Crippen molar-refractivity contribution in [3.8, 4) is 0 Å². The number of rotatable bonds is 3. The van der Waals surface area contributed by atoms with Crippen LogP contribution in [0.1, 0.15) is 16.8 Å². The van der Waals surface area contributed by atoms with Crippen LogP contribution in [0.15, 0.2) is 42.7 Å². The molecule has 1 N–H and O–H groups in total. The predicted molar refractivity (Wildman–Crippen MR) is 88.7 cm³/mol. The molecular formula is C17H13ClF3N3O. The van der Waals surface area contributed by atoms with Crippen LogP contribution in [0.5, 0.6) is 0 Å². The number of aryl methyl sites for hydroxylation is 1. The highest BCUT2D eigenvalue weighted by molar-refractivity contribution is 6.30. The van der Waals surface area contributed by atoms with Crippen molar-refractivity contribution in [1.82, 2.24) is 9.38 Å². The van der Waals surface area contributed by atoms with Crippen LogP contribution in [0.2, 0.25) is 5.02 Å². The molecule has 4 nitrogen and oxygen atoms in total. The van der Waals surface area contributed by atoms with Crippen LogP contribution in [0.3, 0.4) is 0 Å². The van der Waals surface area contributed by atoms with E-state index in [0.29, 0.717) is 11.3 Å². The average Bonchev–Trinajstić information content (AvgIpc) is 2.89. The number of nitrogens with one attached hydrogen (secondary N) is 1. The summed E-state index contributed by atoms with van der Waals surface area (Å²) in [5.74, 6) is -0.590. The van der Waals surface area contributed by atoms with Gasteiger partial charge in [0.25, 0.3) is 0 Å². The average molecular weight is 368 g/mol. The number of carbonyl (C=O) groups is 1. The van der Waals surface area contributed by atoms with Crippen molar-refractivity contribution in [2.75, 3.05) is 5.32 Å². The van der Waals surface area contributed by atoms with E-state index in [1.54, 1.807) is 16.8 Å². The third-order valence-corrected chi connectivity index (χ3v) is 3.80. The summed E-state index contributed by atoms with van der Waals surface area (Å²) in [4.78, 5) is 16.4. The van der Waals surface area contributed by atoms with Crippen molar-refractivity contribution in [3.05, 3.63) is 64.6 Å². The molecule has 0 fully saturated rings. The van der Waals surface area contributed by atoms with Gasteiger partial charge in [-0.1, -0.05) is 11.6 Å². The van der Waals surface area contributed by atoms with Gasteiger partial charge in [0.1, 0.15) is 5.65 Å². The molecule has 0 aliphatic heterocycles. The second kappa shape index (κ2) is 6.40. The van der Waals surface area contributed by atoms with Gasteiger partial charge in [0.05, 0.1) is 23.4 Å². The molecule has 8 heteroatoms. The molecule has 0 unspecified atom stereocenters. The van der Waals surface area contributed by atoms with E-state index in [1.807, 2.05) is 19.1 Å². The molecule has 25 heavy (non-hydrogen) atoms. The largest absolute Gasteiger partial charge is 0.418 e. The molecule has 0 spiro atoms. The van der Waals surface area contributed by atoms with Gasteiger partial charge in [0.15, 0.2) is 0 Å². The van der Waals surface area contributed by atoms with E-state index in [9.17, 15) is 18.0 Å². The highest BCUT2D eigenvalue weighted by Crippen LogP contribution is 2.36. The number of pyridine rings is 1. The maximum absolute atomic E-state index is 13.1. The number of hydrogen-bond donors (Lipinski definition) is 1. The number of nitrogens with zero attached hydrogens (tertiary/aromatic N) is 2. The van der Waals surface area contributed by atoms with Gasteiger partial charge in [-0.3, -0.25) is 4.79 Å². The molecular weight excluding hydrogens is 355 g/mol. The second-order valence-corrected chi connectivity index (χ2v) is 6.05. The smallest absolute Gasteiger partial charge is 0.325 e. The van der Waals surface area contributed by atoms with Gasteiger partial charge >= 0.3 is 6.18 Å². The number of imidazole rings is 1. The zero-order valence-electron chi connectivity index (χ0n) is 13.1. The number of amides is 1. The fraction of sp³-hybridized carbons (Fsp3) is 0.176. The lowest BCUT2D eigenvalue weighted by molar-refractivity contribution is -0.137. The number of benzene rings is 1. The summed E-state index contributed by atoms with van der Waals surface area (Å²) < 4.78 is 40.9. The fourth-order valence-electron chi connectivity index (χ4n) is 2.44. The summed E-state index contributed by atoms with van der Waals surface area (Å²) in [6.45, 7) is 1.92. The maximum atomic E-state index is 13.1. The summed E-state index contributed by atoms with van der Waals surface area (Å²) in [6.07, 6.45) is -1.28. The van der Waals surface area contributed by atoms with Gasteiger partial charge in [-0.15, -0.1) is 0 Å². The molecule has 0 aliphatic carbocycles. The van der Waals surface area contributed by atoms with Crippen LogP contribution in [0.25, 0.3) is 5.65 Å². The van der Waals surface area contributed by atoms with Crippen LogP contribution in [-0.4, -0.2) is 15.3 Å². The standard InChI is InChI=1S/C17H13ClF3N3O/c1-10-4-5-24-9-12(22-15(24)6-10)8-16(25)23-14-3-2-11(18)7-13(14)17(19,20)21/h2-7,9H,8H2,1H3,(H,23,25). The van der Waals surface area contributed by atoms with E-state index in [1.165, 1.54) is 6.07 Å². The van der Waals surface area contributed by atoms with Gasteiger partial charge < -0.3 is 9.72 Å². The number of aromatic nitrogens is 2. The topological polar surface area (TPSA) is 46.4 Å². The van der Waals surface area contributed by atoms with E-state index in [-0.39, 0.29) is 17.1 Å². The number of fused-ring (bicyclic) bond motifs is 1. The number of hydrogen-bond acceptors (Lipinski definition) is 2. The molecule has 130 valence electrons. The molecule has 0 aliphatic rings. The number of carbonyl (C=O) groups excluding carboxylic acids is 1. The molecule has 0 saturated carbocycles. The van der Waals surface area contributed by atoms with Crippen LogP contribution in [-0.2, 0) is 17.4 Å². The first-order valence-corrected chi connectivity index (χ1v) is 7.71. The molecule has 1 aromatic carbocycles. The van der Waals surface area contributed by atoms with Crippen molar-refractivity contribution in [2.24, 2.45) is 0 Å². The first-order chi connectivity index (χ1) is 11.7. The quantitative estimate of drug-likeness (QED) is 0.741. The Hall–Kier alpha value is -2.54. The number of halogens is 4. The van der Waals surface area contributed by atoms with Gasteiger partial charge in [-0.05, 0) is 42.8 Å². The molecule has 3 aromatic rings. The van der Waals surface area contributed by atoms with Crippen LogP contribution >= 0.6 is 11.6 Å². The van der Waals surface area contributed by atoms with Crippen molar-refractivity contribution in [1.29, 1.82) is 0 Å². The molecule has 0 bridgehead atoms. The first-order valence-electron chi connectivity index (χ1n) is 7.33. The Bertz CT molecular complexity index is 950. The molecule has 2 aromatic heterocycles. The minimum Gasteiger partial charge on any atom is -0.325 e. The van der Waals surface area contributed by atoms with E-state index in [4.69, 9.17) is 11.6 Å². The van der Waals surface area contributed by atoms with Gasteiger partial charge in [-0.25, -0.2) is 4.98 Å². The summed E-state index contributed by atoms with van der Waals surface area (Å²) in [6, 6.07) is 6.95. The summed E-state index contributed by atoms with van der Waals surface area (Å²) in [5, 5.41) is 2.23. The monoisotopic (exact) mass is 367 g/mol. The lowest BCUT2D eigenvalue weighted by Crippen LogP contribution is -2.18. The number of anilines is 1. The summed E-state index contributed by atoms with van der Waals surface area (Å²) in [5.41, 5.74) is 0.835. The predicted octanol–water partition coefficient (Wildman–Crippen LogP) is 4.50. The van der Waals surface area contributed by atoms with Crippen LogP contribution < -0.4 is 5.32 Å². The molecule has 0 atom stereocenters. The summed E-state index contributed by atoms with van der Waals surface area (Å²) in [7, 11) is 0. The zero-order valence-corrected chi connectivity index (χ0v) is 13.8. The highest BCUT2D eigenvalue weighted by atomic mass is 35.5. The van der Waals surface area contributed by atoms with Gasteiger partial charge in [0.2, 0.25) is 5.91 Å². The van der Waals surface area contributed by atoms with Gasteiger partial charge in [-0.2, -0.15) is 13.2 Å². The Balaban J connectivity index is 1.80. The molecule has 3 rings (SSSR count). The SMILES string of the molecule is Cc1ccn2cc(CC(=O)Nc3ccc(Cl)cc3C(F)(F)F)nc2c1. The minimum absolute atomic E-state index is 0.0546. The fourth-order valence-corrected chi connectivity index (χ4v) is 2.61. The van der Waals surface area contributed by atoms with E-state index >= 15 is 0 Å². The lowest BCUT2D eigenvalue weighted by Gasteiger charge is -2.13. The second-order valence-electron chi connectivity index (χ2n) is 5.61. The van der Waals surface area contributed by atoms with Crippen molar-refractivity contribution in [2.45, 2.75) is 19.5 Å². The molecule has 0 saturated heterocycles. The van der Waals surface area contributed by atoms with Crippen LogP contribution in [0, 0.1) is 6.92 Å². The van der Waals surface area contributed by atoms with Crippen LogP contribution in [0.4, 0.5) is 18.9 Å². The molecule has 2 heterocycles. The van der Waals surface area contributed by atoms with E-state index in [0.717, 1.165) is 17.7 Å². The Morgan fingerprint density at radius 2 is 2.04 bits per heavy atom. The maximum Gasteiger partial charge on any atom is 0.418 e. The minimum atomic E-state index is -4.62.